The molecule has 1 N–H and O–H groups in total. The van der Waals surface area contributed by atoms with E-state index in [0.717, 1.165) is 48.0 Å². The number of nitriles is 1. The van der Waals surface area contributed by atoms with E-state index in [1.807, 2.05) is 30.3 Å². The average molecular weight is 350 g/mol. The molecule has 1 aromatic carbocycles. The first-order valence-electron chi connectivity index (χ1n) is 8.49. The minimum Gasteiger partial charge on any atom is -0.341 e. The summed E-state index contributed by atoms with van der Waals surface area (Å²) in [6.45, 7) is 0. The molecule has 0 radical (unpaired) electrons. The molecule has 3 aromatic rings. The van der Waals surface area contributed by atoms with Crippen LogP contribution in [0.5, 0.6) is 0 Å². The zero-order valence-corrected chi connectivity index (χ0v) is 14.6. The minimum atomic E-state index is -1.40. The first-order chi connectivity index (χ1) is 12.2. The van der Waals surface area contributed by atoms with Crippen LogP contribution in [-0.2, 0) is 29.4 Å². The van der Waals surface area contributed by atoms with Gasteiger partial charge in [0, 0.05) is 5.69 Å². The molecule has 0 aliphatic heterocycles. The zero-order valence-electron chi connectivity index (χ0n) is 13.8. The number of benzene rings is 1. The van der Waals surface area contributed by atoms with Crippen molar-refractivity contribution >= 4 is 21.8 Å². The molecular weight excluding hydrogens is 332 g/mol. The molecule has 1 atom stereocenters. The highest BCUT2D eigenvalue weighted by Gasteiger charge is 2.19. The molecule has 1 unspecified atom stereocenters. The van der Waals surface area contributed by atoms with Crippen molar-refractivity contribution in [3.05, 3.63) is 53.0 Å². The van der Waals surface area contributed by atoms with Gasteiger partial charge >= 0.3 is 0 Å². The molecule has 0 saturated heterocycles. The number of para-hydroxylation sites is 2. The van der Waals surface area contributed by atoms with Crippen molar-refractivity contribution in [1.29, 1.82) is 5.26 Å². The molecule has 126 valence electrons. The summed E-state index contributed by atoms with van der Waals surface area (Å²) in [6.07, 6.45) is 5.25. The maximum Gasteiger partial charge on any atom is 0.145 e. The quantitative estimate of drug-likeness (QED) is 0.734. The SMILES string of the molecule is N#Cc1cc2c(nc1S(=O)Cc1nc3ccccc3[nH]1)CCCCC2. The third-order valence-corrected chi connectivity index (χ3v) is 5.84. The Morgan fingerprint density at radius 2 is 2.00 bits per heavy atom. The molecule has 6 heteroatoms. The summed E-state index contributed by atoms with van der Waals surface area (Å²) in [5.41, 5.74) is 4.34. The highest BCUT2D eigenvalue weighted by molar-refractivity contribution is 7.84. The van der Waals surface area contributed by atoms with Gasteiger partial charge in [-0.15, -0.1) is 0 Å². The summed E-state index contributed by atoms with van der Waals surface area (Å²) in [5.74, 6) is 0.884. The third-order valence-electron chi connectivity index (χ3n) is 4.56. The number of rotatable bonds is 3. The van der Waals surface area contributed by atoms with E-state index in [1.54, 1.807) is 0 Å². The van der Waals surface area contributed by atoms with E-state index in [0.29, 0.717) is 16.4 Å². The highest BCUT2D eigenvalue weighted by Crippen LogP contribution is 2.24. The number of H-pyrrole nitrogens is 1. The van der Waals surface area contributed by atoms with Gasteiger partial charge in [-0.05, 0) is 49.4 Å². The van der Waals surface area contributed by atoms with E-state index < -0.39 is 10.8 Å². The molecule has 4 rings (SSSR count). The van der Waals surface area contributed by atoms with Crippen LogP contribution in [-0.4, -0.2) is 19.2 Å². The Kier molecular flexibility index (Phi) is 4.33. The van der Waals surface area contributed by atoms with Gasteiger partial charge in [-0.25, -0.2) is 9.97 Å². The molecule has 2 heterocycles. The molecule has 25 heavy (non-hydrogen) atoms. The molecule has 0 fully saturated rings. The summed E-state index contributed by atoms with van der Waals surface area (Å²) in [7, 11) is -1.40. The van der Waals surface area contributed by atoms with E-state index >= 15 is 0 Å². The van der Waals surface area contributed by atoms with Crippen LogP contribution in [0, 0.1) is 11.3 Å². The summed E-state index contributed by atoms with van der Waals surface area (Å²) in [6, 6.07) is 11.8. The number of imidazole rings is 1. The second kappa shape index (κ2) is 6.77. The third kappa shape index (κ3) is 3.20. The monoisotopic (exact) mass is 350 g/mol. The lowest BCUT2D eigenvalue weighted by Crippen LogP contribution is -2.07. The molecule has 2 aromatic heterocycles. The van der Waals surface area contributed by atoms with Crippen molar-refractivity contribution in [3.63, 3.8) is 0 Å². The number of aryl methyl sites for hydroxylation is 2. The van der Waals surface area contributed by atoms with Crippen LogP contribution in [0.1, 0.15) is 41.9 Å². The van der Waals surface area contributed by atoms with Gasteiger partial charge in [0.05, 0.1) is 33.1 Å². The van der Waals surface area contributed by atoms with Crippen molar-refractivity contribution < 1.29 is 4.21 Å². The van der Waals surface area contributed by atoms with Gasteiger partial charge in [0.1, 0.15) is 16.9 Å². The predicted octanol–water partition coefficient (Wildman–Crippen LogP) is 3.41. The average Bonchev–Trinajstić information content (AvgIpc) is 2.89. The largest absolute Gasteiger partial charge is 0.341 e. The molecule has 5 nitrogen and oxygen atoms in total. The number of hydrogen-bond acceptors (Lipinski definition) is 4. The molecule has 0 amide bonds. The fourth-order valence-electron chi connectivity index (χ4n) is 3.31. The normalized spacial score (nSPS) is 15.3. The van der Waals surface area contributed by atoms with Crippen LogP contribution in [0.4, 0.5) is 0 Å². The summed E-state index contributed by atoms with van der Waals surface area (Å²) in [5, 5.41) is 9.86. The van der Waals surface area contributed by atoms with E-state index in [2.05, 4.69) is 21.0 Å². The second-order valence-corrected chi connectivity index (χ2v) is 7.68. The van der Waals surface area contributed by atoms with Crippen LogP contribution in [0.25, 0.3) is 11.0 Å². The van der Waals surface area contributed by atoms with Gasteiger partial charge in [-0.1, -0.05) is 18.6 Å². The van der Waals surface area contributed by atoms with E-state index in [-0.39, 0.29) is 5.75 Å². The van der Waals surface area contributed by atoms with Crippen molar-refractivity contribution in [3.8, 4) is 6.07 Å². The van der Waals surface area contributed by atoms with E-state index in [4.69, 9.17) is 0 Å². The number of hydrogen-bond donors (Lipinski definition) is 1. The fourth-order valence-corrected chi connectivity index (χ4v) is 4.40. The van der Waals surface area contributed by atoms with Gasteiger partial charge in [-0.2, -0.15) is 5.26 Å². The topological polar surface area (TPSA) is 82.4 Å². The van der Waals surface area contributed by atoms with Gasteiger partial charge in [-0.3, -0.25) is 4.21 Å². The molecular formula is C19H18N4OS. The lowest BCUT2D eigenvalue weighted by molar-refractivity contribution is 0.676. The highest BCUT2D eigenvalue weighted by atomic mass is 32.2. The van der Waals surface area contributed by atoms with Gasteiger partial charge in [0.25, 0.3) is 0 Å². The minimum absolute atomic E-state index is 0.231. The Bertz CT molecular complexity index is 969. The Morgan fingerprint density at radius 1 is 1.16 bits per heavy atom. The Morgan fingerprint density at radius 3 is 2.84 bits per heavy atom. The maximum absolute atomic E-state index is 12.9. The standard InChI is InChI=1S/C19H18N4OS/c20-11-14-10-13-6-2-1-3-7-15(13)23-19(14)25(24)12-18-21-16-8-4-5-9-17(16)22-18/h4-5,8-10H,1-3,6-7,12H2,(H,21,22). The van der Waals surface area contributed by atoms with Gasteiger partial charge < -0.3 is 4.98 Å². The lowest BCUT2D eigenvalue weighted by Gasteiger charge is -2.09. The Hall–Kier alpha value is -2.52. The molecule has 0 spiro atoms. The number of nitrogens with zero attached hydrogens (tertiary/aromatic N) is 3. The number of pyridine rings is 1. The summed E-state index contributed by atoms with van der Waals surface area (Å²) in [4.78, 5) is 12.3. The van der Waals surface area contributed by atoms with Gasteiger partial charge in [0.2, 0.25) is 0 Å². The summed E-state index contributed by atoms with van der Waals surface area (Å²) >= 11 is 0. The predicted molar refractivity (Wildman–Crippen MR) is 96.4 cm³/mol. The van der Waals surface area contributed by atoms with Crippen LogP contribution >= 0.6 is 0 Å². The van der Waals surface area contributed by atoms with Crippen molar-refractivity contribution in [2.24, 2.45) is 0 Å². The molecule has 1 aliphatic carbocycles. The van der Waals surface area contributed by atoms with Crippen LogP contribution < -0.4 is 0 Å². The van der Waals surface area contributed by atoms with E-state index in [9.17, 15) is 9.47 Å². The maximum atomic E-state index is 12.9. The molecule has 1 aliphatic rings. The lowest BCUT2D eigenvalue weighted by atomic mass is 10.1. The van der Waals surface area contributed by atoms with Crippen molar-refractivity contribution in [2.75, 3.05) is 0 Å². The van der Waals surface area contributed by atoms with Crippen LogP contribution in [0.15, 0.2) is 35.4 Å². The molecule has 0 saturated carbocycles. The zero-order chi connectivity index (χ0) is 17.2. The number of nitrogens with one attached hydrogen (secondary N) is 1. The Labute approximate surface area is 148 Å². The van der Waals surface area contributed by atoms with Crippen LogP contribution in [0.3, 0.4) is 0 Å². The first-order valence-corrected chi connectivity index (χ1v) is 9.81. The second-order valence-electron chi connectivity index (χ2n) is 6.31. The number of aromatic nitrogens is 3. The van der Waals surface area contributed by atoms with Gasteiger partial charge in [0.15, 0.2) is 0 Å². The first kappa shape index (κ1) is 16.0. The number of aromatic amines is 1. The summed E-state index contributed by atoms with van der Waals surface area (Å²) < 4.78 is 12.9. The smallest absolute Gasteiger partial charge is 0.145 e. The van der Waals surface area contributed by atoms with Crippen molar-refractivity contribution in [1.82, 2.24) is 15.0 Å². The Balaban J connectivity index is 1.67. The fraction of sp³-hybridized carbons (Fsp3) is 0.316. The van der Waals surface area contributed by atoms with Crippen LogP contribution in [0.2, 0.25) is 0 Å². The van der Waals surface area contributed by atoms with Crippen molar-refractivity contribution in [2.45, 2.75) is 42.9 Å². The number of fused-ring (bicyclic) bond motifs is 2. The molecule has 0 bridgehead atoms. The van der Waals surface area contributed by atoms with E-state index in [1.165, 1.54) is 6.42 Å².